The fourth-order valence-corrected chi connectivity index (χ4v) is 5.33. The standard InChI is InChI=1S/C28H29F3N4O3S/c1-18(20-6-5-7-21(15-20)28(29,30)31)34-24-12-13-26(39(36,37)32-2)23(27(24)25-16-35(3)17-33-25)14-19-8-10-22(38-4)11-9-19/h5-13,15-18,32,34H,14H2,1-4H3/t18-/m0/s1. The van der Waals surface area contributed by atoms with Crippen LogP contribution in [-0.4, -0.2) is 32.1 Å². The fourth-order valence-electron chi connectivity index (χ4n) is 4.37. The van der Waals surface area contributed by atoms with Crippen molar-refractivity contribution in [3.05, 3.63) is 95.4 Å². The second kappa shape index (κ2) is 11.1. The van der Waals surface area contributed by atoms with Crippen molar-refractivity contribution in [2.45, 2.75) is 30.5 Å². The summed E-state index contributed by atoms with van der Waals surface area (Å²) < 4.78 is 75.6. The van der Waals surface area contributed by atoms with Gasteiger partial charge in [-0.25, -0.2) is 18.1 Å². The van der Waals surface area contributed by atoms with Crippen molar-refractivity contribution < 1.29 is 26.3 Å². The van der Waals surface area contributed by atoms with E-state index < -0.39 is 27.8 Å². The number of hydrogen-bond acceptors (Lipinski definition) is 5. The molecule has 4 aromatic rings. The minimum Gasteiger partial charge on any atom is -0.497 e. The van der Waals surface area contributed by atoms with E-state index in [1.807, 2.05) is 12.1 Å². The number of hydrogen-bond donors (Lipinski definition) is 2. The number of halogens is 3. The van der Waals surface area contributed by atoms with Crippen molar-refractivity contribution in [1.29, 1.82) is 0 Å². The topological polar surface area (TPSA) is 85.3 Å². The van der Waals surface area contributed by atoms with Crippen LogP contribution in [0.4, 0.5) is 18.9 Å². The van der Waals surface area contributed by atoms with Gasteiger partial charge < -0.3 is 14.6 Å². The van der Waals surface area contributed by atoms with Crippen molar-refractivity contribution >= 4 is 15.7 Å². The maximum Gasteiger partial charge on any atom is 0.416 e. The van der Waals surface area contributed by atoms with E-state index in [9.17, 15) is 21.6 Å². The second-order valence-electron chi connectivity index (χ2n) is 9.11. The third-order valence-corrected chi connectivity index (χ3v) is 7.91. The Kier molecular flexibility index (Phi) is 8.03. The number of ether oxygens (including phenoxy) is 1. The highest BCUT2D eigenvalue weighted by atomic mass is 32.2. The number of nitrogens with one attached hydrogen (secondary N) is 2. The number of nitrogens with zero attached hydrogens (tertiary/aromatic N) is 2. The van der Waals surface area contributed by atoms with Gasteiger partial charge in [-0.3, -0.25) is 0 Å². The van der Waals surface area contributed by atoms with Gasteiger partial charge in [-0.2, -0.15) is 13.2 Å². The van der Waals surface area contributed by atoms with Crippen LogP contribution in [0.25, 0.3) is 11.3 Å². The summed E-state index contributed by atoms with van der Waals surface area (Å²) in [5.74, 6) is 0.664. The van der Waals surface area contributed by atoms with Gasteiger partial charge in [0.25, 0.3) is 0 Å². The first-order valence-corrected chi connectivity index (χ1v) is 13.6. The Balaban J connectivity index is 1.88. The van der Waals surface area contributed by atoms with Gasteiger partial charge in [0, 0.05) is 30.5 Å². The van der Waals surface area contributed by atoms with Gasteiger partial charge >= 0.3 is 6.18 Å². The number of anilines is 1. The Hall–Kier alpha value is -3.83. The van der Waals surface area contributed by atoms with E-state index in [0.29, 0.717) is 33.8 Å². The van der Waals surface area contributed by atoms with Gasteiger partial charge in [0.15, 0.2) is 0 Å². The van der Waals surface area contributed by atoms with Crippen LogP contribution in [0.1, 0.15) is 35.2 Å². The maximum absolute atomic E-state index is 13.3. The normalized spacial score (nSPS) is 12.8. The van der Waals surface area contributed by atoms with E-state index in [1.54, 1.807) is 62.4 Å². The molecule has 0 radical (unpaired) electrons. The summed E-state index contributed by atoms with van der Waals surface area (Å²) in [6, 6.07) is 15.0. The highest BCUT2D eigenvalue weighted by Gasteiger charge is 2.31. The van der Waals surface area contributed by atoms with E-state index in [-0.39, 0.29) is 11.3 Å². The molecule has 3 aromatic carbocycles. The minimum absolute atomic E-state index is 0.0822. The average Bonchev–Trinajstić information content (AvgIpc) is 3.34. The first kappa shape index (κ1) is 28.2. The second-order valence-corrected chi connectivity index (χ2v) is 11.0. The van der Waals surface area contributed by atoms with Crippen LogP contribution >= 0.6 is 0 Å². The van der Waals surface area contributed by atoms with Crippen LogP contribution in [0.5, 0.6) is 5.75 Å². The molecule has 4 rings (SSSR count). The lowest BCUT2D eigenvalue weighted by Crippen LogP contribution is -2.21. The molecule has 0 aliphatic carbocycles. The van der Waals surface area contributed by atoms with Gasteiger partial charge in [-0.05, 0) is 73.5 Å². The highest BCUT2D eigenvalue weighted by Crippen LogP contribution is 2.38. The SMILES string of the molecule is CNS(=O)(=O)c1ccc(N[C@@H](C)c2cccc(C(F)(F)F)c2)c(-c2cn(C)cn2)c1Cc1ccc(OC)cc1. The first-order valence-electron chi connectivity index (χ1n) is 12.1. The number of alkyl halides is 3. The predicted octanol–water partition coefficient (Wildman–Crippen LogP) is 5.79. The van der Waals surface area contributed by atoms with Gasteiger partial charge in [0.1, 0.15) is 5.75 Å². The van der Waals surface area contributed by atoms with Crippen LogP contribution in [0.3, 0.4) is 0 Å². The quantitative estimate of drug-likeness (QED) is 0.272. The zero-order valence-electron chi connectivity index (χ0n) is 21.9. The van der Waals surface area contributed by atoms with Crippen LogP contribution in [0.2, 0.25) is 0 Å². The summed E-state index contributed by atoms with van der Waals surface area (Å²) in [6.45, 7) is 1.75. The molecule has 0 spiro atoms. The van der Waals surface area contributed by atoms with Crippen molar-refractivity contribution in [3.8, 4) is 17.0 Å². The number of aryl methyl sites for hydroxylation is 1. The van der Waals surface area contributed by atoms with Gasteiger partial charge in [-0.1, -0.05) is 24.3 Å². The molecule has 0 fully saturated rings. The van der Waals surface area contributed by atoms with Crippen LogP contribution < -0.4 is 14.8 Å². The molecule has 39 heavy (non-hydrogen) atoms. The summed E-state index contributed by atoms with van der Waals surface area (Å²) in [5.41, 5.74) is 2.62. The summed E-state index contributed by atoms with van der Waals surface area (Å²) in [7, 11) is 0.835. The molecule has 0 amide bonds. The number of benzene rings is 3. The molecular formula is C28H29F3N4O3S. The lowest BCUT2D eigenvalue weighted by Gasteiger charge is -2.23. The highest BCUT2D eigenvalue weighted by molar-refractivity contribution is 7.89. The van der Waals surface area contributed by atoms with E-state index in [4.69, 9.17) is 4.74 Å². The maximum atomic E-state index is 13.3. The Morgan fingerprint density at radius 2 is 1.79 bits per heavy atom. The van der Waals surface area contributed by atoms with E-state index in [0.717, 1.165) is 17.7 Å². The summed E-state index contributed by atoms with van der Waals surface area (Å²) >= 11 is 0. The fraction of sp³-hybridized carbons (Fsp3) is 0.250. The third-order valence-electron chi connectivity index (χ3n) is 6.42. The summed E-state index contributed by atoms with van der Waals surface area (Å²) in [5, 5.41) is 3.30. The largest absolute Gasteiger partial charge is 0.497 e. The number of aromatic nitrogens is 2. The molecule has 1 heterocycles. The Bertz CT molecular complexity index is 1570. The number of methoxy groups -OCH3 is 1. The van der Waals surface area contributed by atoms with Crippen LogP contribution in [0, 0.1) is 0 Å². The molecule has 0 aliphatic rings. The number of sulfonamides is 1. The monoisotopic (exact) mass is 558 g/mol. The van der Waals surface area contributed by atoms with Gasteiger partial charge in [0.2, 0.25) is 10.0 Å². The molecular weight excluding hydrogens is 529 g/mol. The zero-order chi connectivity index (χ0) is 28.4. The molecule has 0 saturated heterocycles. The Morgan fingerprint density at radius 3 is 2.38 bits per heavy atom. The molecule has 11 heteroatoms. The minimum atomic E-state index is -4.47. The first-order chi connectivity index (χ1) is 18.4. The number of rotatable bonds is 9. The number of imidazole rings is 1. The molecule has 0 bridgehead atoms. The predicted molar refractivity (Wildman–Crippen MR) is 144 cm³/mol. The van der Waals surface area contributed by atoms with Gasteiger partial charge in [0.05, 0.1) is 29.6 Å². The molecule has 0 aliphatic heterocycles. The summed E-state index contributed by atoms with van der Waals surface area (Å²) in [6.07, 6.45) is -0.850. The van der Waals surface area contributed by atoms with E-state index >= 15 is 0 Å². The van der Waals surface area contributed by atoms with E-state index in [1.165, 1.54) is 19.2 Å². The average molecular weight is 559 g/mol. The Labute approximate surface area is 225 Å². The Morgan fingerprint density at radius 1 is 1.08 bits per heavy atom. The molecule has 7 nitrogen and oxygen atoms in total. The van der Waals surface area contributed by atoms with Crippen LogP contribution in [-0.2, 0) is 29.7 Å². The van der Waals surface area contributed by atoms with Crippen molar-refractivity contribution in [1.82, 2.24) is 14.3 Å². The molecule has 2 N–H and O–H groups in total. The van der Waals surface area contributed by atoms with Gasteiger partial charge in [-0.15, -0.1) is 0 Å². The molecule has 1 aromatic heterocycles. The molecule has 1 atom stereocenters. The molecule has 0 unspecified atom stereocenters. The molecule has 206 valence electrons. The van der Waals surface area contributed by atoms with E-state index in [2.05, 4.69) is 15.0 Å². The summed E-state index contributed by atoms with van der Waals surface area (Å²) in [4.78, 5) is 4.57. The molecule has 0 saturated carbocycles. The lowest BCUT2D eigenvalue weighted by atomic mass is 9.95. The lowest BCUT2D eigenvalue weighted by molar-refractivity contribution is -0.137. The van der Waals surface area contributed by atoms with Crippen molar-refractivity contribution in [2.24, 2.45) is 7.05 Å². The smallest absolute Gasteiger partial charge is 0.416 e. The van der Waals surface area contributed by atoms with Crippen molar-refractivity contribution in [3.63, 3.8) is 0 Å². The zero-order valence-corrected chi connectivity index (χ0v) is 22.7. The van der Waals surface area contributed by atoms with Crippen molar-refractivity contribution in [2.75, 3.05) is 19.5 Å². The third kappa shape index (κ3) is 6.26. The van der Waals surface area contributed by atoms with Crippen LogP contribution in [0.15, 0.2) is 78.1 Å².